The Morgan fingerprint density at radius 2 is 1.75 bits per heavy atom. The first-order valence-electron chi connectivity index (χ1n) is 6.95. The summed E-state index contributed by atoms with van der Waals surface area (Å²) in [6.07, 6.45) is 0.910. The average Bonchev–Trinajstić information content (AvgIpc) is 2.43. The van der Waals surface area contributed by atoms with Crippen molar-refractivity contribution in [2.24, 2.45) is 0 Å². The van der Waals surface area contributed by atoms with Gasteiger partial charge in [0.2, 0.25) is 0 Å². The number of aryl methyl sites for hydroxylation is 3. The van der Waals surface area contributed by atoms with Gasteiger partial charge in [0, 0.05) is 11.3 Å². The number of nitrogens with one attached hydrogen (secondary N) is 1. The third kappa shape index (κ3) is 3.58. The fourth-order valence-corrected chi connectivity index (χ4v) is 2.15. The molecule has 1 aromatic carbocycles. The zero-order valence-electron chi connectivity index (χ0n) is 12.3. The Bertz CT molecular complexity index is 626. The molecule has 0 amide bonds. The second-order valence-electron chi connectivity index (χ2n) is 5.11. The molecule has 0 spiro atoms. The summed E-state index contributed by atoms with van der Waals surface area (Å²) in [6.45, 7) is 6.93. The molecule has 1 heterocycles. The normalized spacial score (nSPS) is 10.8. The van der Waals surface area contributed by atoms with Crippen LogP contribution in [0.25, 0.3) is 0 Å². The third-order valence-corrected chi connectivity index (χ3v) is 3.45. The van der Waals surface area contributed by atoms with Crippen LogP contribution in [0.5, 0.6) is 0 Å². The molecule has 0 aliphatic carbocycles. The van der Waals surface area contributed by atoms with Crippen LogP contribution in [0.3, 0.4) is 0 Å². The maximum atomic E-state index is 11.9. The summed E-state index contributed by atoms with van der Waals surface area (Å²) in [7, 11) is 0. The van der Waals surface area contributed by atoms with Crippen LogP contribution in [-0.4, -0.2) is 4.98 Å². The van der Waals surface area contributed by atoms with E-state index >= 15 is 0 Å². The van der Waals surface area contributed by atoms with E-state index < -0.39 is 0 Å². The predicted octanol–water partition coefficient (Wildman–Crippen LogP) is 3.27. The van der Waals surface area contributed by atoms with Crippen molar-refractivity contribution in [1.82, 2.24) is 4.98 Å². The topological polar surface area (TPSA) is 42.1 Å². The van der Waals surface area contributed by atoms with E-state index in [1.54, 1.807) is 0 Å². The lowest BCUT2D eigenvalue weighted by atomic mass is 10.1. The summed E-state index contributed by atoms with van der Waals surface area (Å²) >= 11 is 0. The van der Waals surface area contributed by atoms with Crippen LogP contribution in [-0.2, 0) is 24.4 Å². The second-order valence-corrected chi connectivity index (χ2v) is 5.11. The Morgan fingerprint density at radius 1 is 1.05 bits per heavy atom. The van der Waals surface area contributed by atoms with Gasteiger partial charge in [-0.2, -0.15) is 0 Å². The molecule has 0 bridgehead atoms. The minimum atomic E-state index is -0.0522. The van der Waals surface area contributed by atoms with E-state index in [2.05, 4.69) is 31.0 Å². The summed E-state index contributed by atoms with van der Waals surface area (Å²) in [5.41, 5.74) is 5.10. The molecule has 106 valence electrons. The maximum absolute atomic E-state index is 11.9. The largest absolute Gasteiger partial charge is 0.372 e. The van der Waals surface area contributed by atoms with Gasteiger partial charge in [-0.15, -0.1) is 0 Å². The van der Waals surface area contributed by atoms with Gasteiger partial charge in [-0.25, -0.2) is 0 Å². The van der Waals surface area contributed by atoms with Gasteiger partial charge in [0.1, 0.15) is 0 Å². The maximum Gasteiger partial charge on any atom is 0.253 e. The number of rotatable bonds is 5. The van der Waals surface area contributed by atoms with E-state index in [-0.39, 0.29) is 5.56 Å². The molecule has 0 radical (unpaired) electrons. The van der Waals surface area contributed by atoms with Crippen LogP contribution in [0, 0.1) is 13.8 Å². The molecule has 0 unspecified atom stereocenters. The van der Waals surface area contributed by atoms with E-state index in [0.717, 1.165) is 17.7 Å². The minimum Gasteiger partial charge on any atom is -0.372 e. The van der Waals surface area contributed by atoms with Crippen LogP contribution < -0.4 is 5.56 Å². The molecule has 0 aliphatic heterocycles. The Kier molecular flexibility index (Phi) is 4.74. The monoisotopic (exact) mass is 271 g/mol. The number of aromatic amines is 1. The minimum absolute atomic E-state index is 0.0522. The van der Waals surface area contributed by atoms with Crippen LogP contribution in [0.2, 0.25) is 0 Å². The number of hydrogen-bond acceptors (Lipinski definition) is 2. The summed E-state index contributed by atoms with van der Waals surface area (Å²) in [6, 6.07) is 10.2. The quantitative estimate of drug-likeness (QED) is 0.907. The summed E-state index contributed by atoms with van der Waals surface area (Å²) in [5.74, 6) is 0. The van der Waals surface area contributed by atoms with Crippen molar-refractivity contribution in [3.63, 3.8) is 0 Å². The number of aromatic nitrogens is 1. The number of benzene rings is 1. The van der Waals surface area contributed by atoms with Gasteiger partial charge >= 0.3 is 0 Å². The molecule has 0 aliphatic rings. The van der Waals surface area contributed by atoms with E-state index in [1.807, 2.05) is 25.1 Å². The molecular weight excluding hydrogens is 250 g/mol. The van der Waals surface area contributed by atoms with Crippen molar-refractivity contribution in [1.29, 1.82) is 0 Å². The number of pyridine rings is 1. The highest BCUT2D eigenvalue weighted by molar-refractivity contribution is 5.24. The summed E-state index contributed by atoms with van der Waals surface area (Å²) in [4.78, 5) is 14.7. The molecule has 20 heavy (non-hydrogen) atoms. The van der Waals surface area contributed by atoms with Gasteiger partial charge in [0.15, 0.2) is 0 Å². The first-order valence-corrected chi connectivity index (χ1v) is 6.95. The van der Waals surface area contributed by atoms with E-state index in [9.17, 15) is 4.79 Å². The van der Waals surface area contributed by atoms with Gasteiger partial charge in [0.25, 0.3) is 5.56 Å². The van der Waals surface area contributed by atoms with Crippen molar-refractivity contribution in [2.45, 2.75) is 40.4 Å². The predicted molar refractivity (Wildman–Crippen MR) is 80.8 cm³/mol. The molecular formula is C17H21NO2. The molecule has 2 aromatic rings. The highest BCUT2D eigenvalue weighted by atomic mass is 16.5. The van der Waals surface area contributed by atoms with E-state index in [1.165, 1.54) is 11.1 Å². The molecule has 0 saturated carbocycles. The van der Waals surface area contributed by atoms with E-state index in [4.69, 9.17) is 4.74 Å². The molecule has 1 aromatic heterocycles. The van der Waals surface area contributed by atoms with Crippen molar-refractivity contribution < 1.29 is 4.74 Å². The zero-order chi connectivity index (χ0) is 14.5. The Hall–Kier alpha value is -1.87. The van der Waals surface area contributed by atoms with E-state index in [0.29, 0.717) is 18.8 Å². The van der Waals surface area contributed by atoms with Crippen molar-refractivity contribution in [3.8, 4) is 0 Å². The molecule has 0 saturated heterocycles. The zero-order valence-corrected chi connectivity index (χ0v) is 12.3. The number of hydrogen-bond donors (Lipinski definition) is 1. The lowest BCUT2D eigenvalue weighted by molar-refractivity contribution is 0.106. The molecule has 0 atom stereocenters. The Labute approximate surface area is 119 Å². The first-order chi connectivity index (χ1) is 9.60. The molecule has 3 nitrogen and oxygen atoms in total. The summed E-state index contributed by atoms with van der Waals surface area (Å²) in [5, 5.41) is 0. The summed E-state index contributed by atoms with van der Waals surface area (Å²) < 4.78 is 5.65. The van der Waals surface area contributed by atoms with Crippen molar-refractivity contribution in [3.05, 3.63) is 68.6 Å². The highest BCUT2D eigenvalue weighted by Gasteiger charge is 2.05. The lowest BCUT2D eigenvalue weighted by Crippen LogP contribution is -2.16. The van der Waals surface area contributed by atoms with Crippen LogP contribution >= 0.6 is 0 Å². The molecule has 2 rings (SSSR count). The molecule has 3 heteroatoms. The SMILES string of the molecule is CCc1cc(COCc2ccc(C)cc2)c(=O)[nH]c1C. The standard InChI is InChI=1S/C17H21NO2/c1-4-15-9-16(17(19)18-13(15)3)11-20-10-14-7-5-12(2)6-8-14/h5-9H,4,10-11H2,1-3H3,(H,18,19). The fraction of sp³-hybridized carbons (Fsp3) is 0.353. The highest BCUT2D eigenvalue weighted by Crippen LogP contribution is 2.09. The number of H-pyrrole nitrogens is 1. The van der Waals surface area contributed by atoms with Gasteiger partial charge in [-0.05, 0) is 37.5 Å². The third-order valence-electron chi connectivity index (χ3n) is 3.45. The Balaban J connectivity index is 2.00. The van der Waals surface area contributed by atoms with Crippen LogP contribution in [0.4, 0.5) is 0 Å². The molecule has 0 fully saturated rings. The van der Waals surface area contributed by atoms with Gasteiger partial charge in [0.05, 0.1) is 13.2 Å². The Morgan fingerprint density at radius 3 is 2.40 bits per heavy atom. The van der Waals surface area contributed by atoms with Gasteiger partial charge in [-0.1, -0.05) is 36.8 Å². The van der Waals surface area contributed by atoms with Crippen LogP contribution in [0.15, 0.2) is 35.1 Å². The smallest absolute Gasteiger partial charge is 0.253 e. The van der Waals surface area contributed by atoms with Crippen molar-refractivity contribution in [2.75, 3.05) is 0 Å². The van der Waals surface area contributed by atoms with Gasteiger partial charge < -0.3 is 9.72 Å². The number of ether oxygens (including phenoxy) is 1. The fourth-order valence-electron chi connectivity index (χ4n) is 2.15. The first kappa shape index (κ1) is 14.5. The van der Waals surface area contributed by atoms with Gasteiger partial charge in [-0.3, -0.25) is 4.79 Å². The lowest BCUT2D eigenvalue weighted by Gasteiger charge is -2.08. The second kappa shape index (κ2) is 6.53. The van der Waals surface area contributed by atoms with Crippen LogP contribution in [0.1, 0.15) is 34.9 Å². The van der Waals surface area contributed by atoms with Crippen molar-refractivity contribution >= 4 is 0 Å². The molecule has 1 N–H and O–H groups in total. The average molecular weight is 271 g/mol.